The Morgan fingerprint density at radius 1 is 1.19 bits per heavy atom. The summed E-state index contributed by atoms with van der Waals surface area (Å²) in [6.45, 7) is 0. The van der Waals surface area contributed by atoms with Crippen molar-refractivity contribution in [3.8, 4) is 0 Å². The molecular formula is C13H12NSSe+. The van der Waals surface area contributed by atoms with Crippen molar-refractivity contribution in [2.45, 2.75) is 10.7 Å². The van der Waals surface area contributed by atoms with Crippen LogP contribution in [0.15, 0.2) is 53.0 Å². The average molecular weight is 293 g/mol. The van der Waals surface area contributed by atoms with Gasteiger partial charge >= 0.3 is 106 Å². The second kappa shape index (κ2) is 4.62. The molecule has 0 bridgehead atoms. The zero-order chi connectivity index (χ0) is 10.8. The summed E-state index contributed by atoms with van der Waals surface area (Å²) in [5.74, 6) is 0. The topological polar surface area (TPSA) is 3.88 Å². The van der Waals surface area contributed by atoms with Crippen molar-refractivity contribution in [1.82, 2.24) is 0 Å². The first kappa shape index (κ1) is 10.4. The zero-order valence-electron chi connectivity index (χ0n) is 8.74. The molecule has 2 aromatic rings. The first-order valence-electron chi connectivity index (χ1n) is 5.26. The number of aromatic nitrogens is 1. The zero-order valence-corrected chi connectivity index (χ0v) is 11.3. The fraction of sp³-hybridized carbons (Fsp3) is 0.154. The van der Waals surface area contributed by atoms with Gasteiger partial charge in [0.1, 0.15) is 0 Å². The summed E-state index contributed by atoms with van der Waals surface area (Å²) in [7, 11) is 0. The van der Waals surface area contributed by atoms with Crippen LogP contribution in [0.2, 0.25) is 5.32 Å². The summed E-state index contributed by atoms with van der Waals surface area (Å²) in [5.41, 5.74) is 1.34. The Balaban J connectivity index is 2.12. The summed E-state index contributed by atoms with van der Waals surface area (Å²) < 4.78 is 2.41. The summed E-state index contributed by atoms with van der Waals surface area (Å²) in [6.07, 6.45) is 2.20. The maximum atomic E-state index is 2.41. The van der Waals surface area contributed by atoms with Crippen molar-refractivity contribution >= 4 is 37.6 Å². The normalized spacial score (nSPS) is 20.1. The standard InChI is InChI=1S/C13H12NSSe/c1-2-6-12-11(4-1)5-3-7-14(12)13-10-16-9-8-15-13/h1-9,13H,10H2/q+1. The molecule has 0 saturated carbocycles. The van der Waals surface area contributed by atoms with Crippen LogP contribution in [-0.2, 0) is 0 Å². The van der Waals surface area contributed by atoms with Gasteiger partial charge in [-0.1, -0.05) is 0 Å². The van der Waals surface area contributed by atoms with Crippen LogP contribution in [-0.4, -0.2) is 15.0 Å². The summed E-state index contributed by atoms with van der Waals surface area (Å²) >= 11 is 2.60. The molecule has 1 unspecified atom stereocenters. The second-order valence-electron chi connectivity index (χ2n) is 3.67. The van der Waals surface area contributed by atoms with Gasteiger partial charge in [0.05, 0.1) is 0 Å². The van der Waals surface area contributed by atoms with Crippen LogP contribution in [0.1, 0.15) is 5.37 Å². The summed E-state index contributed by atoms with van der Waals surface area (Å²) in [4.78, 5) is 2.32. The Hall–Kier alpha value is -0.761. The Morgan fingerprint density at radius 3 is 2.94 bits per heavy atom. The minimum atomic E-state index is 0.580. The number of fused-ring (bicyclic) bond motifs is 1. The average Bonchev–Trinajstić information content (AvgIpc) is 2.39. The molecule has 3 rings (SSSR count). The van der Waals surface area contributed by atoms with Gasteiger partial charge in [-0.15, -0.1) is 0 Å². The van der Waals surface area contributed by atoms with E-state index >= 15 is 0 Å². The number of thioether (sulfide) groups is 1. The van der Waals surface area contributed by atoms with Crippen LogP contribution >= 0.6 is 11.8 Å². The maximum absolute atomic E-state index is 2.41. The quantitative estimate of drug-likeness (QED) is 0.577. The molecule has 0 spiro atoms. The molecule has 16 heavy (non-hydrogen) atoms. The Morgan fingerprint density at radius 2 is 2.06 bits per heavy atom. The number of pyridine rings is 1. The van der Waals surface area contributed by atoms with Gasteiger partial charge in [-0.05, 0) is 0 Å². The fourth-order valence-electron chi connectivity index (χ4n) is 1.92. The molecule has 0 aliphatic carbocycles. The fourth-order valence-corrected chi connectivity index (χ4v) is 5.35. The van der Waals surface area contributed by atoms with Gasteiger partial charge < -0.3 is 0 Å². The Kier molecular flexibility index (Phi) is 3.00. The van der Waals surface area contributed by atoms with E-state index in [1.807, 2.05) is 11.8 Å². The van der Waals surface area contributed by atoms with Crippen LogP contribution in [0.5, 0.6) is 0 Å². The van der Waals surface area contributed by atoms with Crippen LogP contribution in [0, 0.1) is 0 Å². The van der Waals surface area contributed by atoms with E-state index in [2.05, 4.69) is 57.5 Å². The molecule has 1 aliphatic rings. The molecule has 0 radical (unpaired) electrons. The van der Waals surface area contributed by atoms with E-state index in [-0.39, 0.29) is 0 Å². The van der Waals surface area contributed by atoms with Crippen molar-refractivity contribution < 1.29 is 4.57 Å². The number of para-hydroxylation sites is 1. The molecule has 0 saturated heterocycles. The van der Waals surface area contributed by atoms with E-state index < -0.39 is 0 Å². The summed E-state index contributed by atoms with van der Waals surface area (Å²) in [6, 6.07) is 12.9. The van der Waals surface area contributed by atoms with Crippen LogP contribution in [0.25, 0.3) is 10.9 Å². The molecule has 0 fully saturated rings. The van der Waals surface area contributed by atoms with Crippen molar-refractivity contribution in [2.75, 3.05) is 0 Å². The van der Waals surface area contributed by atoms with Gasteiger partial charge in [0.15, 0.2) is 0 Å². The van der Waals surface area contributed by atoms with Gasteiger partial charge in [-0.25, -0.2) is 0 Å². The third-order valence-corrected chi connectivity index (χ3v) is 6.30. The van der Waals surface area contributed by atoms with Crippen molar-refractivity contribution in [3.05, 3.63) is 53.0 Å². The summed E-state index contributed by atoms with van der Waals surface area (Å²) in [5, 5.41) is 5.44. The molecule has 0 amide bonds. The molecule has 1 aliphatic heterocycles. The minimum absolute atomic E-state index is 0.580. The van der Waals surface area contributed by atoms with E-state index in [1.165, 1.54) is 16.2 Å². The van der Waals surface area contributed by atoms with Crippen molar-refractivity contribution in [1.29, 1.82) is 0 Å². The third kappa shape index (κ3) is 1.91. The van der Waals surface area contributed by atoms with Crippen LogP contribution in [0.3, 0.4) is 0 Å². The SMILES string of the molecule is C1=C[Se]CC([n+]2cccc3ccccc32)S1. The molecule has 1 atom stereocenters. The molecule has 80 valence electrons. The van der Waals surface area contributed by atoms with Gasteiger partial charge in [0.25, 0.3) is 0 Å². The number of benzene rings is 1. The first-order valence-corrected chi connectivity index (χ1v) is 8.40. The van der Waals surface area contributed by atoms with Crippen molar-refractivity contribution in [3.63, 3.8) is 0 Å². The number of rotatable bonds is 1. The van der Waals surface area contributed by atoms with Crippen LogP contribution < -0.4 is 4.57 Å². The van der Waals surface area contributed by atoms with Crippen molar-refractivity contribution in [2.24, 2.45) is 0 Å². The molecule has 1 aromatic heterocycles. The van der Waals surface area contributed by atoms with Gasteiger partial charge in [-0.2, -0.15) is 0 Å². The van der Waals surface area contributed by atoms with Gasteiger partial charge in [0.2, 0.25) is 0 Å². The predicted octanol–water partition coefficient (Wildman–Crippen LogP) is 2.97. The monoisotopic (exact) mass is 294 g/mol. The number of nitrogens with zero attached hydrogens (tertiary/aromatic N) is 1. The molecule has 1 nitrogen and oxygen atoms in total. The van der Waals surface area contributed by atoms with E-state index in [0.717, 1.165) is 0 Å². The molecule has 1 aromatic carbocycles. The van der Waals surface area contributed by atoms with E-state index in [1.54, 1.807) is 0 Å². The molecule has 0 N–H and O–H groups in total. The van der Waals surface area contributed by atoms with E-state index in [9.17, 15) is 0 Å². The van der Waals surface area contributed by atoms with Crippen LogP contribution in [0.4, 0.5) is 0 Å². The Bertz CT molecular complexity index is 533. The first-order chi connectivity index (χ1) is 7.95. The van der Waals surface area contributed by atoms with Gasteiger partial charge in [0, 0.05) is 0 Å². The Labute approximate surface area is 106 Å². The molecular weight excluding hydrogens is 281 g/mol. The predicted molar refractivity (Wildman–Crippen MR) is 70.5 cm³/mol. The van der Waals surface area contributed by atoms with Gasteiger partial charge in [-0.3, -0.25) is 0 Å². The third-order valence-electron chi connectivity index (χ3n) is 2.67. The number of hydrogen-bond donors (Lipinski definition) is 0. The van der Waals surface area contributed by atoms with E-state index in [4.69, 9.17) is 0 Å². The molecule has 3 heteroatoms. The second-order valence-corrected chi connectivity index (χ2v) is 6.73. The number of hydrogen-bond acceptors (Lipinski definition) is 1. The molecule has 2 heterocycles. The van der Waals surface area contributed by atoms with E-state index in [0.29, 0.717) is 20.3 Å².